The Morgan fingerprint density at radius 3 is 1.55 bits per heavy atom. The third-order valence-electron chi connectivity index (χ3n) is 11.1. The quantitative estimate of drug-likeness (QED) is 0.174. The summed E-state index contributed by atoms with van der Waals surface area (Å²) in [5.74, 6) is 0. The second-order valence-electron chi connectivity index (χ2n) is 13.7. The number of hydrogen-bond donors (Lipinski definition) is 0. The van der Waals surface area contributed by atoms with Gasteiger partial charge in [-0.3, -0.25) is 0 Å². The van der Waals surface area contributed by atoms with Gasteiger partial charge in [0.2, 0.25) is 0 Å². The van der Waals surface area contributed by atoms with Gasteiger partial charge in [0.25, 0.3) is 0 Å². The summed E-state index contributed by atoms with van der Waals surface area (Å²) in [7, 11) is 0. The lowest BCUT2D eigenvalue weighted by molar-refractivity contribution is 0.669. The molecule has 0 aliphatic heterocycles. The Morgan fingerprint density at radius 2 is 0.863 bits per heavy atom. The molecule has 1 heteroatoms. The molecule has 0 aliphatic carbocycles. The minimum Gasteiger partial charge on any atom is -0.456 e. The molecule has 0 aliphatic rings. The topological polar surface area (TPSA) is 13.1 Å². The van der Waals surface area contributed by atoms with Crippen molar-refractivity contribution in [2.75, 3.05) is 0 Å². The van der Waals surface area contributed by atoms with Crippen molar-refractivity contribution in [3.63, 3.8) is 0 Å². The van der Waals surface area contributed by atoms with Crippen molar-refractivity contribution in [3.05, 3.63) is 170 Å². The maximum atomic E-state index is 10.2. The molecule has 0 spiro atoms. The van der Waals surface area contributed by atoms with Crippen LogP contribution in [0.25, 0.3) is 120 Å². The highest BCUT2D eigenvalue weighted by molar-refractivity contribution is 6.27. The molecule has 0 bridgehead atoms. The standard InChI is InChI=1S/C50H28O/c1-2-10-45-40(9-1)41-24-20-36(28-46(41)51-45)38-22-19-35(37-21-15-33-13-11-29-5-3-7-31-17-25-42(37)49(33)47(29)31)27-44(38)39-23-16-34-14-12-30-6-4-8-32-18-26-43(39)50(34)48(30)32/h1-28H/i19D,22D,27D. The van der Waals surface area contributed by atoms with E-state index in [-0.39, 0.29) is 18.1 Å². The first-order chi connectivity index (χ1) is 26.5. The minimum atomic E-state index is 0.0381. The zero-order valence-electron chi connectivity index (χ0n) is 30.3. The van der Waals surface area contributed by atoms with Crippen molar-refractivity contribution in [1.29, 1.82) is 0 Å². The maximum absolute atomic E-state index is 10.2. The average Bonchev–Trinajstić information content (AvgIpc) is 3.59. The largest absolute Gasteiger partial charge is 0.456 e. The summed E-state index contributed by atoms with van der Waals surface area (Å²) in [4.78, 5) is 0. The first kappa shape index (κ1) is 24.4. The van der Waals surface area contributed by atoms with Gasteiger partial charge in [-0.05, 0) is 122 Å². The van der Waals surface area contributed by atoms with Gasteiger partial charge in [0, 0.05) is 10.8 Å². The van der Waals surface area contributed by atoms with Crippen LogP contribution in [0.3, 0.4) is 0 Å². The summed E-state index contributed by atoms with van der Waals surface area (Å²) < 4.78 is 36.2. The number of para-hydroxylation sites is 1. The lowest BCUT2D eigenvalue weighted by Crippen LogP contribution is -1.92. The predicted octanol–water partition coefficient (Wildman–Crippen LogP) is 14.4. The SMILES string of the molecule is [2H]c1c([2H])c(-c2ccc3c(c2)oc2ccccc23)c(-c2ccc3ccc4cccc5ccc2c3c45)c([2H])c1-c1ccc2ccc3cccc4ccc1c2c34. The maximum Gasteiger partial charge on any atom is 0.136 e. The van der Waals surface area contributed by atoms with Crippen molar-refractivity contribution in [1.82, 2.24) is 0 Å². The third kappa shape index (κ3) is 3.75. The first-order valence-electron chi connectivity index (χ1n) is 18.9. The molecule has 0 N–H and O–H groups in total. The molecular formula is C50H28O. The van der Waals surface area contributed by atoms with Crippen LogP contribution >= 0.6 is 0 Å². The van der Waals surface area contributed by atoms with Crippen LogP contribution in [0.15, 0.2) is 174 Å². The number of rotatable bonds is 3. The summed E-state index contributed by atoms with van der Waals surface area (Å²) in [5, 5.41) is 15.6. The van der Waals surface area contributed by atoms with Gasteiger partial charge >= 0.3 is 0 Å². The van der Waals surface area contributed by atoms with E-state index in [2.05, 4.69) is 109 Å². The molecule has 0 fully saturated rings. The fourth-order valence-electron chi connectivity index (χ4n) is 8.75. The smallest absolute Gasteiger partial charge is 0.136 e. The van der Waals surface area contributed by atoms with Crippen molar-refractivity contribution in [2.24, 2.45) is 0 Å². The van der Waals surface area contributed by atoms with Gasteiger partial charge in [-0.1, -0.05) is 146 Å². The molecule has 0 amide bonds. The van der Waals surface area contributed by atoms with Crippen LogP contribution in [0.1, 0.15) is 4.11 Å². The molecule has 12 aromatic rings. The third-order valence-corrected chi connectivity index (χ3v) is 11.1. The van der Waals surface area contributed by atoms with Gasteiger partial charge in [0.15, 0.2) is 0 Å². The van der Waals surface area contributed by atoms with E-state index in [1.165, 1.54) is 21.5 Å². The van der Waals surface area contributed by atoms with E-state index < -0.39 is 0 Å². The number of benzene rings is 11. The van der Waals surface area contributed by atoms with Crippen molar-refractivity contribution in [3.8, 4) is 33.4 Å². The Bertz CT molecular complexity index is 3510. The highest BCUT2D eigenvalue weighted by Crippen LogP contribution is 2.46. The van der Waals surface area contributed by atoms with Crippen LogP contribution in [-0.2, 0) is 0 Å². The van der Waals surface area contributed by atoms with E-state index >= 15 is 0 Å². The fourth-order valence-corrected chi connectivity index (χ4v) is 8.75. The minimum absolute atomic E-state index is 0.0381. The predicted molar refractivity (Wildman–Crippen MR) is 217 cm³/mol. The summed E-state index contributed by atoms with van der Waals surface area (Å²) >= 11 is 0. The van der Waals surface area contributed by atoms with Crippen molar-refractivity contribution < 1.29 is 8.53 Å². The summed E-state index contributed by atoms with van der Waals surface area (Å²) in [6.45, 7) is 0. The van der Waals surface area contributed by atoms with E-state index in [0.29, 0.717) is 22.3 Å². The molecule has 0 radical (unpaired) electrons. The second kappa shape index (κ2) is 9.94. The van der Waals surface area contributed by atoms with Gasteiger partial charge < -0.3 is 4.42 Å². The number of hydrogen-bond acceptors (Lipinski definition) is 1. The molecular weight excluding hydrogens is 617 g/mol. The zero-order chi connectivity index (χ0) is 35.8. The Balaban J connectivity index is 1.22. The second-order valence-corrected chi connectivity index (χ2v) is 13.7. The van der Waals surface area contributed by atoms with Crippen LogP contribution in [0.5, 0.6) is 0 Å². The van der Waals surface area contributed by atoms with Crippen molar-refractivity contribution >= 4 is 86.6 Å². The van der Waals surface area contributed by atoms with E-state index in [0.717, 1.165) is 76.1 Å². The highest BCUT2D eigenvalue weighted by atomic mass is 16.3. The summed E-state index contributed by atoms with van der Waals surface area (Å²) in [6.07, 6.45) is 0. The normalized spacial score (nSPS) is 13.1. The molecule has 12 rings (SSSR count). The zero-order valence-corrected chi connectivity index (χ0v) is 27.3. The molecule has 0 saturated heterocycles. The molecule has 234 valence electrons. The van der Waals surface area contributed by atoms with Crippen molar-refractivity contribution in [2.45, 2.75) is 0 Å². The number of furan rings is 1. The van der Waals surface area contributed by atoms with Crippen LogP contribution in [0.4, 0.5) is 0 Å². The highest BCUT2D eigenvalue weighted by Gasteiger charge is 2.19. The van der Waals surface area contributed by atoms with E-state index in [1.807, 2.05) is 42.5 Å². The van der Waals surface area contributed by atoms with Crippen LogP contribution in [0, 0.1) is 0 Å². The van der Waals surface area contributed by atoms with Crippen LogP contribution in [0.2, 0.25) is 0 Å². The fraction of sp³-hybridized carbons (Fsp3) is 0. The molecule has 0 atom stereocenters. The van der Waals surface area contributed by atoms with Crippen LogP contribution < -0.4 is 0 Å². The van der Waals surface area contributed by atoms with E-state index in [9.17, 15) is 4.11 Å². The average molecular weight is 648 g/mol. The molecule has 0 unspecified atom stereocenters. The van der Waals surface area contributed by atoms with Gasteiger partial charge in [0.1, 0.15) is 11.2 Å². The van der Waals surface area contributed by atoms with Gasteiger partial charge in [-0.15, -0.1) is 0 Å². The first-order valence-corrected chi connectivity index (χ1v) is 17.4. The Morgan fingerprint density at radius 1 is 0.333 bits per heavy atom. The molecule has 1 nitrogen and oxygen atoms in total. The molecule has 11 aromatic carbocycles. The molecule has 0 saturated carbocycles. The lowest BCUT2D eigenvalue weighted by Gasteiger charge is -2.19. The van der Waals surface area contributed by atoms with Crippen LogP contribution in [-0.4, -0.2) is 0 Å². The summed E-state index contributed by atoms with van der Waals surface area (Å²) in [6, 6.07) is 52.8. The monoisotopic (exact) mass is 647 g/mol. The van der Waals surface area contributed by atoms with E-state index in [4.69, 9.17) is 4.42 Å². The van der Waals surface area contributed by atoms with E-state index in [1.54, 1.807) is 0 Å². The number of fused-ring (bicyclic) bond motifs is 3. The molecule has 1 heterocycles. The Labute approximate surface area is 297 Å². The van der Waals surface area contributed by atoms with Gasteiger partial charge in [-0.25, -0.2) is 0 Å². The lowest BCUT2D eigenvalue weighted by atomic mass is 9.85. The molecule has 1 aromatic heterocycles. The Kier molecular flexibility index (Phi) is 4.76. The van der Waals surface area contributed by atoms with Gasteiger partial charge in [-0.2, -0.15) is 0 Å². The van der Waals surface area contributed by atoms with Gasteiger partial charge in [0.05, 0.1) is 4.11 Å². The Hall–Kier alpha value is -6.70. The summed E-state index contributed by atoms with van der Waals surface area (Å²) in [5.41, 5.74) is 5.59. The molecule has 51 heavy (non-hydrogen) atoms.